The summed E-state index contributed by atoms with van der Waals surface area (Å²) in [7, 11) is -0.671. The normalized spacial score (nSPS) is 20.5. The fourth-order valence-electron chi connectivity index (χ4n) is 2.49. The highest BCUT2D eigenvalue weighted by Gasteiger charge is 2.52. The fraction of sp³-hybridized carbons (Fsp3) is 0.529. The predicted octanol–water partition coefficient (Wildman–Crippen LogP) is 3.99. The van der Waals surface area contributed by atoms with Crippen molar-refractivity contribution in [2.45, 2.75) is 52.0 Å². The van der Waals surface area contributed by atoms with Crippen LogP contribution in [-0.4, -0.2) is 24.9 Å². The first kappa shape index (κ1) is 19.0. The van der Waals surface area contributed by atoms with Crippen molar-refractivity contribution in [2.75, 3.05) is 6.54 Å². The molecule has 0 saturated carbocycles. The van der Waals surface area contributed by atoms with Gasteiger partial charge in [-0.3, -0.25) is 0 Å². The van der Waals surface area contributed by atoms with Gasteiger partial charge in [-0.05, 0) is 63.4 Å². The minimum atomic E-state index is -4.39. The molecule has 0 spiro atoms. The second-order valence-electron chi connectivity index (χ2n) is 7.14. The van der Waals surface area contributed by atoms with Crippen molar-refractivity contribution in [3.8, 4) is 0 Å². The highest BCUT2D eigenvalue weighted by Crippen LogP contribution is 2.39. The summed E-state index contributed by atoms with van der Waals surface area (Å²) in [6, 6.07) is 3.90. The number of hydrogen-bond acceptors (Lipinski definition) is 3. The molecule has 0 bridgehead atoms. The molecule has 24 heavy (non-hydrogen) atoms. The van der Waals surface area contributed by atoms with Gasteiger partial charge in [-0.1, -0.05) is 12.1 Å². The van der Waals surface area contributed by atoms with Crippen LogP contribution in [0, 0.1) is 6.92 Å². The van der Waals surface area contributed by atoms with Crippen LogP contribution >= 0.6 is 0 Å². The first-order valence-corrected chi connectivity index (χ1v) is 7.81. The van der Waals surface area contributed by atoms with Crippen molar-refractivity contribution in [1.29, 1.82) is 0 Å². The number of rotatable bonds is 3. The molecule has 2 rings (SSSR count). The smallest absolute Gasteiger partial charge is 0.400 e. The summed E-state index contributed by atoms with van der Waals surface area (Å²) < 4.78 is 50.8. The molecule has 1 heterocycles. The Labute approximate surface area is 141 Å². The number of hydrogen-bond donors (Lipinski definition) is 1. The highest BCUT2D eigenvalue weighted by molar-refractivity contribution is 6.55. The summed E-state index contributed by atoms with van der Waals surface area (Å²) >= 11 is 0. The summed E-state index contributed by atoms with van der Waals surface area (Å²) in [6.45, 7) is 9.41. The zero-order chi connectivity index (χ0) is 18.3. The molecule has 1 aliphatic heterocycles. The van der Waals surface area contributed by atoms with Gasteiger partial charge in [-0.2, -0.15) is 13.2 Å². The van der Waals surface area contributed by atoms with E-state index in [-0.39, 0.29) is 6.54 Å². The maximum Gasteiger partial charge on any atom is 0.491 e. The molecule has 1 aliphatic rings. The molecule has 0 aliphatic carbocycles. The SMILES string of the molecule is Cc1cc(C=C(CN)B2OC(C)(C)C(C)(C)O2)cc(C(F)(F)F)c1. The number of nitrogens with two attached hydrogens (primary N) is 1. The molecule has 0 atom stereocenters. The Morgan fingerprint density at radius 1 is 1.12 bits per heavy atom. The van der Waals surface area contributed by atoms with Gasteiger partial charge in [0.25, 0.3) is 0 Å². The first-order chi connectivity index (χ1) is 10.9. The minimum Gasteiger partial charge on any atom is -0.400 e. The maximum absolute atomic E-state index is 13.0. The highest BCUT2D eigenvalue weighted by atomic mass is 19.4. The van der Waals surface area contributed by atoms with Gasteiger partial charge in [0.15, 0.2) is 0 Å². The van der Waals surface area contributed by atoms with Gasteiger partial charge in [-0.25, -0.2) is 0 Å². The lowest BCUT2D eigenvalue weighted by Crippen LogP contribution is -2.41. The molecule has 1 fully saturated rings. The quantitative estimate of drug-likeness (QED) is 0.846. The predicted molar refractivity (Wildman–Crippen MR) is 89.3 cm³/mol. The third-order valence-corrected chi connectivity index (χ3v) is 4.57. The van der Waals surface area contributed by atoms with E-state index in [1.165, 1.54) is 0 Å². The lowest BCUT2D eigenvalue weighted by atomic mass is 9.77. The van der Waals surface area contributed by atoms with Gasteiger partial charge in [0.1, 0.15) is 0 Å². The van der Waals surface area contributed by atoms with E-state index >= 15 is 0 Å². The third-order valence-electron chi connectivity index (χ3n) is 4.57. The molecule has 1 aromatic carbocycles. The van der Waals surface area contributed by atoms with E-state index < -0.39 is 30.1 Å². The van der Waals surface area contributed by atoms with Gasteiger partial charge >= 0.3 is 13.3 Å². The standard InChI is InChI=1S/C17H23BF3NO2/c1-11-6-12(8-13(7-11)17(19,20)21)9-14(10-22)18-23-15(2,3)16(4,5)24-18/h6-9H,10,22H2,1-5H3. The monoisotopic (exact) mass is 341 g/mol. The van der Waals surface area contributed by atoms with E-state index in [4.69, 9.17) is 15.0 Å². The van der Waals surface area contributed by atoms with Crippen LogP contribution in [-0.2, 0) is 15.5 Å². The largest absolute Gasteiger partial charge is 0.491 e. The Balaban J connectivity index is 2.37. The van der Waals surface area contributed by atoms with Crippen LogP contribution < -0.4 is 5.73 Å². The topological polar surface area (TPSA) is 44.5 Å². The van der Waals surface area contributed by atoms with E-state index in [0.717, 1.165) is 12.1 Å². The van der Waals surface area contributed by atoms with Crippen molar-refractivity contribution >= 4 is 13.2 Å². The van der Waals surface area contributed by atoms with Gasteiger partial charge < -0.3 is 15.0 Å². The number of halogens is 3. The molecular weight excluding hydrogens is 318 g/mol. The number of benzene rings is 1. The molecule has 0 radical (unpaired) electrons. The van der Waals surface area contributed by atoms with Crippen LogP contribution in [0.1, 0.15) is 44.4 Å². The summed E-state index contributed by atoms with van der Waals surface area (Å²) in [5.74, 6) is 0. The van der Waals surface area contributed by atoms with Crippen molar-refractivity contribution in [2.24, 2.45) is 5.73 Å². The average Bonchev–Trinajstić information content (AvgIpc) is 2.63. The zero-order valence-corrected chi connectivity index (χ0v) is 14.6. The van der Waals surface area contributed by atoms with Crippen molar-refractivity contribution < 1.29 is 22.5 Å². The van der Waals surface area contributed by atoms with Crippen LogP contribution in [0.4, 0.5) is 13.2 Å². The summed E-state index contributed by atoms with van der Waals surface area (Å²) in [6.07, 6.45) is -2.77. The van der Waals surface area contributed by atoms with Crippen LogP contribution in [0.15, 0.2) is 23.7 Å². The molecular formula is C17H23BF3NO2. The van der Waals surface area contributed by atoms with E-state index in [2.05, 4.69) is 0 Å². The lowest BCUT2D eigenvalue weighted by Gasteiger charge is -2.32. The van der Waals surface area contributed by atoms with Gasteiger partial charge in [-0.15, -0.1) is 0 Å². The van der Waals surface area contributed by atoms with Gasteiger partial charge in [0, 0.05) is 6.54 Å². The first-order valence-electron chi connectivity index (χ1n) is 7.81. The number of alkyl halides is 3. The molecule has 1 aromatic rings. The van der Waals surface area contributed by atoms with E-state index in [1.54, 1.807) is 19.1 Å². The average molecular weight is 341 g/mol. The molecule has 132 valence electrons. The molecule has 1 saturated heterocycles. The summed E-state index contributed by atoms with van der Waals surface area (Å²) in [5.41, 5.74) is 5.60. The number of aryl methyl sites for hydroxylation is 1. The van der Waals surface area contributed by atoms with Gasteiger partial charge in [0.2, 0.25) is 0 Å². The molecule has 0 amide bonds. The Kier molecular flexibility index (Phi) is 4.92. The van der Waals surface area contributed by atoms with E-state index in [1.807, 2.05) is 27.7 Å². The van der Waals surface area contributed by atoms with Crippen LogP contribution in [0.2, 0.25) is 0 Å². The Morgan fingerprint density at radius 3 is 2.12 bits per heavy atom. The Bertz CT molecular complexity index is 638. The molecule has 7 heteroatoms. The second-order valence-corrected chi connectivity index (χ2v) is 7.14. The zero-order valence-electron chi connectivity index (χ0n) is 14.6. The third kappa shape index (κ3) is 3.84. The molecule has 3 nitrogen and oxygen atoms in total. The summed E-state index contributed by atoms with van der Waals surface area (Å²) in [5, 5.41) is 0. The maximum atomic E-state index is 13.0. The van der Waals surface area contributed by atoms with E-state index in [9.17, 15) is 13.2 Å². The second kappa shape index (κ2) is 6.21. The van der Waals surface area contributed by atoms with Crippen LogP contribution in [0.3, 0.4) is 0 Å². The van der Waals surface area contributed by atoms with Crippen LogP contribution in [0.25, 0.3) is 6.08 Å². The fourth-order valence-corrected chi connectivity index (χ4v) is 2.49. The van der Waals surface area contributed by atoms with Crippen LogP contribution in [0.5, 0.6) is 0 Å². The minimum absolute atomic E-state index is 0.131. The van der Waals surface area contributed by atoms with Gasteiger partial charge in [0.05, 0.1) is 16.8 Å². The van der Waals surface area contributed by atoms with Crippen molar-refractivity contribution in [3.63, 3.8) is 0 Å². The summed E-state index contributed by atoms with van der Waals surface area (Å²) in [4.78, 5) is 0. The van der Waals surface area contributed by atoms with Crippen molar-refractivity contribution in [1.82, 2.24) is 0 Å². The molecule has 2 N–H and O–H groups in total. The molecule has 0 unspecified atom stereocenters. The molecule has 0 aromatic heterocycles. The lowest BCUT2D eigenvalue weighted by molar-refractivity contribution is -0.137. The van der Waals surface area contributed by atoms with Crippen molar-refractivity contribution in [3.05, 3.63) is 40.4 Å². The Hall–Kier alpha value is -1.31. The van der Waals surface area contributed by atoms with E-state index in [0.29, 0.717) is 16.6 Å². The Morgan fingerprint density at radius 2 is 1.67 bits per heavy atom.